The Bertz CT molecular complexity index is 737. The molecule has 1 saturated heterocycles. The van der Waals surface area contributed by atoms with Gasteiger partial charge in [-0.2, -0.15) is 4.31 Å². The maximum atomic E-state index is 13.0. The first-order chi connectivity index (χ1) is 11.0. The van der Waals surface area contributed by atoms with Gasteiger partial charge in [0, 0.05) is 32.2 Å². The molecular weight excluding hydrogens is 335 g/mol. The molecule has 23 heavy (non-hydrogen) atoms. The highest BCUT2D eigenvalue weighted by molar-refractivity contribution is 7.91. The monoisotopic (exact) mass is 354 g/mol. The van der Waals surface area contributed by atoms with E-state index in [-0.39, 0.29) is 11.9 Å². The van der Waals surface area contributed by atoms with E-state index in [1.165, 1.54) is 23.5 Å². The Morgan fingerprint density at radius 2 is 1.74 bits per heavy atom. The third-order valence-corrected chi connectivity index (χ3v) is 7.53. The zero-order valence-corrected chi connectivity index (χ0v) is 14.5. The van der Waals surface area contributed by atoms with Crippen LogP contribution in [0.5, 0.6) is 0 Å². The van der Waals surface area contributed by atoms with Crippen LogP contribution in [-0.2, 0) is 10.0 Å². The summed E-state index contributed by atoms with van der Waals surface area (Å²) in [7, 11) is -3.36. The first-order valence-electron chi connectivity index (χ1n) is 7.51. The lowest BCUT2D eigenvalue weighted by molar-refractivity contribution is 0.146. The topological polar surface area (TPSA) is 40.6 Å². The van der Waals surface area contributed by atoms with Crippen LogP contribution in [0.4, 0.5) is 4.39 Å². The molecule has 3 rings (SSSR count). The van der Waals surface area contributed by atoms with Crippen molar-refractivity contribution >= 4 is 21.4 Å². The van der Waals surface area contributed by atoms with Crippen molar-refractivity contribution in [1.29, 1.82) is 0 Å². The molecule has 0 aliphatic carbocycles. The second-order valence-electron chi connectivity index (χ2n) is 5.60. The van der Waals surface area contributed by atoms with E-state index in [2.05, 4.69) is 11.8 Å². The molecule has 7 heteroatoms. The first kappa shape index (κ1) is 16.6. The lowest BCUT2D eigenvalue weighted by Crippen LogP contribution is -2.49. The van der Waals surface area contributed by atoms with Gasteiger partial charge in [-0.3, -0.25) is 4.90 Å². The Morgan fingerprint density at radius 3 is 2.30 bits per heavy atom. The van der Waals surface area contributed by atoms with Crippen LogP contribution in [0.3, 0.4) is 0 Å². The molecule has 0 bridgehead atoms. The summed E-state index contributed by atoms with van der Waals surface area (Å²) < 4.78 is 40.0. The maximum Gasteiger partial charge on any atom is 0.252 e. The summed E-state index contributed by atoms with van der Waals surface area (Å²) in [6.07, 6.45) is 0. The summed E-state index contributed by atoms with van der Waals surface area (Å²) in [6.45, 7) is 4.36. The molecule has 124 valence electrons. The Kier molecular flexibility index (Phi) is 4.82. The van der Waals surface area contributed by atoms with Gasteiger partial charge in [0.1, 0.15) is 10.0 Å². The summed E-state index contributed by atoms with van der Waals surface area (Å²) in [4.78, 5) is 2.23. The van der Waals surface area contributed by atoms with Gasteiger partial charge in [-0.05, 0) is 36.1 Å². The minimum atomic E-state index is -3.36. The van der Waals surface area contributed by atoms with Gasteiger partial charge >= 0.3 is 0 Å². The third kappa shape index (κ3) is 3.47. The molecule has 0 amide bonds. The molecule has 0 N–H and O–H groups in total. The summed E-state index contributed by atoms with van der Waals surface area (Å²) >= 11 is 1.25. The summed E-state index contributed by atoms with van der Waals surface area (Å²) in [5.41, 5.74) is 1.04. The molecule has 1 aromatic heterocycles. The van der Waals surface area contributed by atoms with Crippen LogP contribution in [-0.4, -0.2) is 43.8 Å². The molecule has 0 radical (unpaired) electrons. The molecular formula is C16H19FN2O2S2. The predicted octanol–water partition coefficient (Wildman–Crippen LogP) is 2.95. The van der Waals surface area contributed by atoms with Gasteiger partial charge in [-0.1, -0.05) is 18.2 Å². The minimum Gasteiger partial charge on any atom is -0.294 e. The van der Waals surface area contributed by atoms with Crippen molar-refractivity contribution in [2.24, 2.45) is 0 Å². The van der Waals surface area contributed by atoms with Crippen LogP contribution in [0.25, 0.3) is 0 Å². The number of nitrogens with zero attached hydrogens (tertiary/aromatic N) is 2. The van der Waals surface area contributed by atoms with E-state index in [1.807, 2.05) is 0 Å². The van der Waals surface area contributed by atoms with E-state index in [4.69, 9.17) is 0 Å². The van der Waals surface area contributed by atoms with Crippen LogP contribution in [0.1, 0.15) is 18.5 Å². The fourth-order valence-corrected chi connectivity index (χ4v) is 5.39. The van der Waals surface area contributed by atoms with Crippen LogP contribution in [0.2, 0.25) is 0 Å². The second-order valence-corrected chi connectivity index (χ2v) is 8.71. The van der Waals surface area contributed by atoms with E-state index in [9.17, 15) is 12.8 Å². The summed E-state index contributed by atoms with van der Waals surface area (Å²) in [6, 6.07) is 10.0. The average Bonchev–Trinajstić information content (AvgIpc) is 3.10. The first-order valence-corrected chi connectivity index (χ1v) is 9.83. The van der Waals surface area contributed by atoms with E-state index in [1.54, 1.807) is 34.0 Å². The lowest BCUT2D eigenvalue weighted by atomic mass is 10.1. The molecule has 1 fully saturated rings. The third-order valence-electron chi connectivity index (χ3n) is 4.26. The highest BCUT2D eigenvalue weighted by Gasteiger charge is 2.30. The van der Waals surface area contributed by atoms with Gasteiger partial charge < -0.3 is 0 Å². The smallest absolute Gasteiger partial charge is 0.252 e. The highest BCUT2D eigenvalue weighted by Crippen LogP contribution is 2.25. The molecule has 1 aliphatic rings. The van der Waals surface area contributed by atoms with E-state index >= 15 is 0 Å². The molecule has 0 unspecified atom stereocenters. The minimum absolute atomic E-state index is 0.141. The maximum absolute atomic E-state index is 13.0. The van der Waals surface area contributed by atoms with Gasteiger partial charge in [-0.15, -0.1) is 11.3 Å². The SMILES string of the molecule is C[C@H](c1ccc(F)cc1)N1CCN(S(=O)(=O)c2cccs2)CC1. The Hall–Kier alpha value is -1.28. The molecule has 1 aliphatic heterocycles. The quantitative estimate of drug-likeness (QED) is 0.848. The fraction of sp³-hybridized carbons (Fsp3) is 0.375. The van der Waals surface area contributed by atoms with Crippen LogP contribution in [0, 0.1) is 5.82 Å². The van der Waals surface area contributed by atoms with E-state index in [0.717, 1.165) is 5.56 Å². The standard InChI is InChI=1S/C16H19FN2O2S2/c1-13(14-4-6-15(17)7-5-14)18-8-10-19(11-9-18)23(20,21)16-3-2-12-22-16/h2-7,12-13H,8-11H2,1H3/t13-/m1/s1. The van der Waals surface area contributed by atoms with Crippen molar-refractivity contribution in [2.45, 2.75) is 17.2 Å². The number of halogens is 1. The van der Waals surface area contributed by atoms with E-state index < -0.39 is 10.0 Å². The number of rotatable bonds is 4. The van der Waals surface area contributed by atoms with Crippen molar-refractivity contribution < 1.29 is 12.8 Å². The highest BCUT2D eigenvalue weighted by atomic mass is 32.2. The van der Waals surface area contributed by atoms with Crippen LogP contribution >= 0.6 is 11.3 Å². The van der Waals surface area contributed by atoms with Gasteiger partial charge in [0.05, 0.1) is 0 Å². The number of thiophene rings is 1. The van der Waals surface area contributed by atoms with Crippen LogP contribution in [0.15, 0.2) is 46.0 Å². The second kappa shape index (κ2) is 6.68. The van der Waals surface area contributed by atoms with E-state index in [0.29, 0.717) is 30.4 Å². The molecule has 2 heterocycles. The zero-order chi connectivity index (χ0) is 16.4. The Labute approximate surface area is 140 Å². The van der Waals surface area contributed by atoms with Crippen molar-refractivity contribution in [3.63, 3.8) is 0 Å². The van der Waals surface area contributed by atoms with Crippen molar-refractivity contribution in [3.05, 3.63) is 53.2 Å². The fourth-order valence-electron chi connectivity index (χ4n) is 2.82. The number of piperazine rings is 1. The number of hydrogen-bond acceptors (Lipinski definition) is 4. The lowest BCUT2D eigenvalue weighted by Gasteiger charge is -2.37. The van der Waals surface area contributed by atoms with Crippen molar-refractivity contribution in [3.8, 4) is 0 Å². The summed E-state index contributed by atoms with van der Waals surface area (Å²) in [5, 5.41) is 1.78. The van der Waals surface area contributed by atoms with Gasteiger partial charge in [0.2, 0.25) is 0 Å². The Morgan fingerprint density at radius 1 is 1.09 bits per heavy atom. The van der Waals surface area contributed by atoms with Gasteiger partial charge in [0.15, 0.2) is 0 Å². The molecule has 2 aromatic rings. The average molecular weight is 354 g/mol. The molecule has 4 nitrogen and oxygen atoms in total. The molecule has 0 saturated carbocycles. The molecule has 0 spiro atoms. The number of benzene rings is 1. The normalized spacial score (nSPS) is 18.9. The Balaban J connectivity index is 1.65. The van der Waals surface area contributed by atoms with Gasteiger partial charge in [-0.25, -0.2) is 12.8 Å². The van der Waals surface area contributed by atoms with Crippen molar-refractivity contribution in [2.75, 3.05) is 26.2 Å². The largest absolute Gasteiger partial charge is 0.294 e. The van der Waals surface area contributed by atoms with Crippen LogP contribution < -0.4 is 0 Å². The van der Waals surface area contributed by atoms with Gasteiger partial charge in [0.25, 0.3) is 10.0 Å². The zero-order valence-electron chi connectivity index (χ0n) is 12.9. The number of sulfonamides is 1. The molecule has 1 atom stereocenters. The summed E-state index contributed by atoms with van der Waals surface area (Å²) in [5.74, 6) is -0.243. The molecule has 1 aromatic carbocycles. The number of hydrogen-bond donors (Lipinski definition) is 0. The van der Waals surface area contributed by atoms with Crippen molar-refractivity contribution in [1.82, 2.24) is 9.21 Å². The predicted molar refractivity (Wildman–Crippen MR) is 89.5 cm³/mol.